The van der Waals surface area contributed by atoms with Crippen LogP contribution in [-0.2, 0) is 14.4 Å². The molecule has 7 N–H and O–H groups in total. The molecule has 27 heavy (non-hydrogen) atoms. The van der Waals surface area contributed by atoms with E-state index in [4.69, 9.17) is 11.5 Å². The second kappa shape index (κ2) is 11.9. The van der Waals surface area contributed by atoms with Crippen LogP contribution in [0.5, 0.6) is 0 Å². The summed E-state index contributed by atoms with van der Waals surface area (Å²) in [4.78, 5) is 36.9. The fraction of sp³-hybridized carbons (Fsp3) is 0.842. The van der Waals surface area contributed by atoms with E-state index in [1.165, 1.54) is 0 Å². The van der Waals surface area contributed by atoms with Gasteiger partial charge in [0.2, 0.25) is 11.8 Å². The molecule has 0 radical (unpaired) electrons. The Morgan fingerprint density at radius 2 is 1.74 bits per heavy atom. The van der Waals surface area contributed by atoms with Crippen molar-refractivity contribution in [3.05, 3.63) is 0 Å². The lowest BCUT2D eigenvalue weighted by molar-refractivity contribution is -0.143. The maximum atomic E-state index is 12.9. The second-order valence-electron chi connectivity index (χ2n) is 7.98. The monoisotopic (exact) mass is 386 g/mol. The second-order valence-corrected chi connectivity index (χ2v) is 7.98. The molecule has 8 nitrogen and oxygen atoms in total. The number of hydrogen-bond acceptors (Lipinski definition) is 5. The van der Waals surface area contributed by atoms with Gasteiger partial charge in [-0.15, -0.1) is 0 Å². The first-order chi connectivity index (χ1) is 12.5. The molecule has 8 heteroatoms. The predicted octanol–water partition coefficient (Wildman–Crippen LogP) is 0.979. The van der Waals surface area contributed by atoms with Crippen LogP contribution in [0, 0.1) is 11.8 Å². The smallest absolute Gasteiger partial charge is 0.326 e. The minimum absolute atomic E-state index is 0.0283. The highest BCUT2D eigenvalue weighted by Gasteiger charge is 2.39. The summed E-state index contributed by atoms with van der Waals surface area (Å²) in [5.74, 6) is -1.94. The number of aliphatic carboxylic acids is 1. The minimum atomic E-state index is -1.24. The first-order valence-corrected chi connectivity index (χ1v) is 9.79. The summed E-state index contributed by atoms with van der Waals surface area (Å²) in [7, 11) is 0. The number of unbranched alkanes of at least 4 members (excludes halogenated alkanes) is 1. The maximum absolute atomic E-state index is 12.9. The molecule has 4 atom stereocenters. The molecular formula is C19H38N4O4. The SMILES string of the molecule is CC[C@H](C)[C@H](N)C(=O)N[C@@](C)(CC(C)C)C(=O)N[C@@H](CCCCN)C(=O)O. The summed E-state index contributed by atoms with van der Waals surface area (Å²) in [6, 6.07) is -1.75. The van der Waals surface area contributed by atoms with Gasteiger partial charge in [0.1, 0.15) is 11.6 Å². The summed E-state index contributed by atoms with van der Waals surface area (Å²) in [5.41, 5.74) is 10.2. The molecule has 0 saturated carbocycles. The van der Waals surface area contributed by atoms with Gasteiger partial charge in [-0.25, -0.2) is 4.79 Å². The highest BCUT2D eigenvalue weighted by Crippen LogP contribution is 2.19. The number of nitrogens with one attached hydrogen (secondary N) is 2. The Balaban J connectivity index is 5.30. The predicted molar refractivity (Wildman–Crippen MR) is 106 cm³/mol. The van der Waals surface area contributed by atoms with E-state index in [1.54, 1.807) is 6.92 Å². The molecule has 0 aromatic carbocycles. The van der Waals surface area contributed by atoms with Gasteiger partial charge >= 0.3 is 5.97 Å². The molecule has 2 amide bonds. The highest BCUT2D eigenvalue weighted by molar-refractivity contribution is 5.94. The molecule has 0 heterocycles. The largest absolute Gasteiger partial charge is 0.480 e. The van der Waals surface area contributed by atoms with Gasteiger partial charge in [0.05, 0.1) is 6.04 Å². The lowest BCUT2D eigenvalue weighted by Crippen LogP contribution is -2.62. The van der Waals surface area contributed by atoms with E-state index in [0.29, 0.717) is 25.8 Å². The van der Waals surface area contributed by atoms with Gasteiger partial charge in [-0.1, -0.05) is 34.1 Å². The first kappa shape index (κ1) is 25.3. The molecule has 0 aliphatic carbocycles. The van der Waals surface area contributed by atoms with E-state index in [9.17, 15) is 19.5 Å². The molecule has 0 aromatic heterocycles. The molecule has 0 aliphatic heterocycles. The third-order valence-corrected chi connectivity index (χ3v) is 4.83. The normalized spacial score (nSPS) is 16.9. The summed E-state index contributed by atoms with van der Waals surface area (Å²) in [5, 5.41) is 14.7. The van der Waals surface area contributed by atoms with Crippen LogP contribution in [0.4, 0.5) is 0 Å². The zero-order valence-corrected chi connectivity index (χ0v) is 17.4. The van der Waals surface area contributed by atoms with E-state index >= 15 is 0 Å². The van der Waals surface area contributed by atoms with Crippen molar-refractivity contribution in [1.82, 2.24) is 10.6 Å². The van der Waals surface area contributed by atoms with Crippen molar-refractivity contribution in [3.8, 4) is 0 Å². The molecule has 0 unspecified atom stereocenters. The Hall–Kier alpha value is -1.67. The maximum Gasteiger partial charge on any atom is 0.326 e. The number of carboxylic acids is 1. The molecule has 158 valence electrons. The van der Waals surface area contributed by atoms with E-state index < -0.39 is 35.4 Å². The van der Waals surface area contributed by atoms with Crippen LogP contribution < -0.4 is 22.1 Å². The minimum Gasteiger partial charge on any atom is -0.480 e. The van der Waals surface area contributed by atoms with Gasteiger partial charge in [0.15, 0.2) is 0 Å². The molecule has 0 fully saturated rings. The van der Waals surface area contributed by atoms with Crippen LogP contribution in [-0.4, -0.2) is 47.1 Å². The molecular weight excluding hydrogens is 348 g/mol. The number of carboxylic acid groups (broad SMARTS) is 1. The lowest BCUT2D eigenvalue weighted by atomic mass is 9.88. The Morgan fingerprint density at radius 1 is 1.15 bits per heavy atom. The Labute approximate surface area is 162 Å². The first-order valence-electron chi connectivity index (χ1n) is 9.79. The number of nitrogens with two attached hydrogens (primary N) is 2. The summed E-state index contributed by atoms with van der Waals surface area (Å²) in [6.45, 7) is 9.76. The quantitative estimate of drug-likeness (QED) is 0.298. The van der Waals surface area contributed by atoms with Crippen molar-refractivity contribution < 1.29 is 19.5 Å². The zero-order chi connectivity index (χ0) is 21.2. The molecule has 0 spiro atoms. The van der Waals surface area contributed by atoms with Gasteiger partial charge < -0.3 is 27.2 Å². The van der Waals surface area contributed by atoms with Crippen LogP contribution in [0.1, 0.15) is 66.7 Å². The topological polar surface area (TPSA) is 148 Å². The lowest BCUT2D eigenvalue weighted by Gasteiger charge is -2.34. The number of carbonyl (C=O) groups excluding carboxylic acids is 2. The molecule has 0 rings (SSSR count). The number of hydrogen-bond donors (Lipinski definition) is 5. The van der Waals surface area contributed by atoms with Crippen LogP contribution in [0.3, 0.4) is 0 Å². The third kappa shape index (κ3) is 8.71. The Kier molecular flexibility index (Phi) is 11.2. The summed E-state index contributed by atoms with van der Waals surface area (Å²) in [6.07, 6.45) is 2.68. The Morgan fingerprint density at radius 3 is 2.19 bits per heavy atom. The average Bonchev–Trinajstić information content (AvgIpc) is 2.58. The van der Waals surface area contributed by atoms with Crippen LogP contribution in [0.25, 0.3) is 0 Å². The van der Waals surface area contributed by atoms with Crippen molar-refractivity contribution in [2.75, 3.05) is 6.54 Å². The van der Waals surface area contributed by atoms with Crippen molar-refractivity contribution in [3.63, 3.8) is 0 Å². The van der Waals surface area contributed by atoms with Gasteiger partial charge in [-0.3, -0.25) is 9.59 Å². The molecule has 0 aromatic rings. The van der Waals surface area contributed by atoms with Crippen molar-refractivity contribution in [1.29, 1.82) is 0 Å². The highest BCUT2D eigenvalue weighted by atomic mass is 16.4. The molecule has 0 bridgehead atoms. The Bertz CT molecular complexity index is 498. The van der Waals surface area contributed by atoms with Gasteiger partial charge in [-0.2, -0.15) is 0 Å². The van der Waals surface area contributed by atoms with Gasteiger partial charge in [-0.05, 0) is 51.0 Å². The van der Waals surface area contributed by atoms with Crippen molar-refractivity contribution in [2.24, 2.45) is 23.3 Å². The van der Waals surface area contributed by atoms with E-state index in [2.05, 4.69) is 10.6 Å². The third-order valence-electron chi connectivity index (χ3n) is 4.83. The fourth-order valence-corrected chi connectivity index (χ4v) is 2.95. The number of carbonyl (C=O) groups is 3. The number of rotatable bonds is 13. The van der Waals surface area contributed by atoms with Crippen molar-refractivity contribution in [2.45, 2.75) is 84.3 Å². The van der Waals surface area contributed by atoms with Crippen molar-refractivity contribution >= 4 is 17.8 Å². The molecule has 0 saturated heterocycles. The van der Waals surface area contributed by atoms with Gasteiger partial charge in [0, 0.05) is 0 Å². The van der Waals surface area contributed by atoms with Crippen LogP contribution in [0.15, 0.2) is 0 Å². The van der Waals surface area contributed by atoms with E-state index in [-0.39, 0.29) is 18.3 Å². The fourth-order valence-electron chi connectivity index (χ4n) is 2.95. The number of amides is 2. The van der Waals surface area contributed by atoms with Crippen LogP contribution >= 0.6 is 0 Å². The standard InChI is InChI=1S/C19H38N4O4/c1-6-13(4)15(21)16(24)23-19(5,11-12(2)3)18(27)22-14(17(25)26)9-7-8-10-20/h12-15H,6-11,20-21H2,1-5H3,(H,22,27)(H,23,24)(H,25,26)/t13-,14-,15-,19-/m0/s1. The van der Waals surface area contributed by atoms with Crippen LogP contribution in [0.2, 0.25) is 0 Å². The zero-order valence-electron chi connectivity index (χ0n) is 17.4. The summed E-state index contributed by atoms with van der Waals surface area (Å²) >= 11 is 0. The molecule has 0 aliphatic rings. The van der Waals surface area contributed by atoms with E-state index in [0.717, 1.165) is 6.42 Å². The summed E-state index contributed by atoms with van der Waals surface area (Å²) < 4.78 is 0. The van der Waals surface area contributed by atoms with Gasteiger partial charge in [0.25, 0.3) is 0 Å². The average molecular weight is 387 g/mol. The van der Waals surface area contributed by atoms with E-state index in [1.807, 2.05) is 27.7 Å².